The fraction of sp³-hybridized carbons (Fsp3) is 0.656. The number of hydrogen-bond acceptors (Lipinski definition) is 7. The summed E-state index contributed by atoms with van der Waals surface area (Å²) in [5.74, 6) is -0.893. The lowest BCUT2D eigenvalue weighted by molar-refractivity contribution is -0.142. The predicted octanol–water partition coefficient (Wildman–Crippen LogP) is 1.41. The van der Waals surface area contributed by atoms with Crippen molar-refractivity contribution in [2.45, 2.75) is 89.9 Å². The van der Waals surface area contributed by atoms with E-state index in [-0.39, 0.29) is 36.5 Å². The molecule has 4 atom stereocenters. The topological polar surface area (TPSA) is 146 Å². The van der Waals surface area contributed by atoms with Gasteiger partial charge in [0, 0.05) is 46.1 Å². The molecule has 12 heteroatoms. The van der Waals surface area contributed by atoms with Gasteiger partial charge >= 0.3 is 0 Å². The molecule has 1 aromatic rings. The summed E-state index contributed by atoms with van der Waals surface area (Å²) < 4.78 is 10.8. The van der Waals surface area contributed by atoms with Gasteiger partial charge in [0.1, 0.15) is 30.0 Å². The average molecular weight is 616 g/mol. The second-order valence-corrected chi connectivity index (χ2v) is 12.1. The first-order valence-corrected chi connectivity index (χ1v) is 15.7. The summed E-state index contributed by atoms with van der Waals surface area (Å²) in [5, 5.41) is 8.60. The quantitative estimate of drug-likeness (QED) is 0.439. The van der Waals surface area contributed by atoms with E-state index in [2.05, 4.69) is 16.0 Å². The van der Waals surface area contributed by atoms with Gasteiger partial charge in [0.05, 0.1) is 7.11 Å². The first-order valence-electron chi connectivity index (χ1n) is 15.7. The number of methoxy groups -OCH3 is 1. The number of rotatable bonds is 6. The number of nitrogens with one attached hydrogen (secondary N) is 3. The van der Waals surface area contributed by atoms with E-state index in [1.54, 1.807) is 31.1 Å². The van der Waals surface area contributed by atoms with Gasteiger partial charge in [0.2, 0.25) is 23.6 Å². The van der Waals surface area contributed by atoms with E-state index in [1.807, 2.05) is 26.0 Å². The molecule has 1 aromatic carbocycles. The zero-order valence-electron chi connectivity index (χ0n) is 26.7. The second-order valence-electron chi connectivity index (χ2n) is 12.1. The number of ether oxygens (including phenoxy) is 2. The Balaban J connectivity index is 1.84. The molecule has 0 radical (unpaired) electrons. The van der Waals surface area contributed by atoms with E-state index >= 15 is 0 Å². The van der Waals surface area contributed by atoms with Crippen LogP contribution in [0.25, 0.3) is 0 Å². The second kappa shape index (κ2) is 17.0. The maximum Gasteiger partial charge on any atom is 0.251 e. The van der Waals surface area contributed by atoms with Gasteiger partial charge in [-0.3, -0.25) is 24.0 Å². The Morgan fingerprint density at radius 3 is 2.34 bits per heavy atom. The van der Waals surface area contributed by atoms with Crippen LogP contribution in [0.15, 0.2) is 24.3 Å². The normalized spacial score (nSPS) is 25.1. The SMILES string of the molecule is COc1ccc(C[C@@H]2NC(=O)[C@@H](CC(C)C)NC(=O)CCCN(C(=O)[C@H]3CCCO3)CCCNC(=O)[C@H](C)N(C)C2=O)cc1. The summed E-state index contributed by atoms with van der Waals surface area (Å²) in [6.45, 7) is 7.15. The highest BCUT2D eigenvalue weighted by atomic mass is 16.5. The molecule has 2 heterocycles. The van der Waals surface area contributed by atoms with Crippen LogP contribution in [0.2, 0.25) is 0 Å². The fourth-order valence-corrected chi connectivity index (χ4v) is 5.42. The monoisotopic (exact) mass is 615 g/mol. The van der Waals surface area contributed by atoms with Crippen molar-refractivity contribution >= 4 is 29.5 Å². The summed E-state index contributed by atoms with van der Waals surface area (Å²) in [5.41, 5.74) is 0.795. The molecule has 3 rings (SSSR count). The predicted molar refractivity (Wildman–Crippen MR) is 165 cm³/mol. The van der Waals surface area contributed by atoms with Crippen molar-refractivity contribution in [3.05, 3.63) is 29.8 Å². The van der Waals surface area contributed by atoms with Gasteiger partial charge in [0.15, 0.2) is 0 Å². The van der Waals surface area contributed by atoms with Crippen LogP contribution in [-0.4, -0.2) is 104 Å². The van der Waals surface area contributed by atoms with Crippen molar-refractivity contribution in [3.63, 3.8) is 0 Å². The first-order chi connectivity index (χ1) is 21.0. The molecule has 44 heavy (non-hydrogen) atoms. The number of carbonyl (C=O) groups excluding carboxylic acids is 5. The number of likely N-dealkylation sites (N-methyl/N-ethyl adjacent to an activating group) is 1. The lowest BCUT2D eigenvalue weighted by Crippen LogP contribution is -2.57. The van der Waals surface area contributed by atoms with Crippen molar-refractivity contribution in [1.29, 1.82) is 0 Å². The minimum Gasteiger partial charge on any atom is -0.497 e. The molecule has 2 aliphatic rings. The van der Waals surface area contributed by atoms with E-state index < -0.39 is 36.0 Å². The van der Waals surface area contributed by atoms with Gasteiger partial charge in [-0.15, -0.1) is 0 Å². The molecule has 0 bridgehead atoms. The number of nitrogens with zero attached hydrogens (tertiary/aromatic N) is 2. The number of hydrogen-bond donors (Lipinski definition) is 3. The van der Waals surface area contributed by atoms with Crippen LogP contribution >= 0.6 is 0 Å². The Labute approximate surface area is 260 Å². The molecule has 0 saturated carbocycles. The molecule has 0 unspecified atom stereocenters. The standard InChI is InChI=1S/C32H49N5O7/c1-21(2)19-25-30(40)35-26(20-23-11-13-24(43-5)14-12-23)31(41)36(4)22(3)29(39)33-15-8-17-37(16-6-10-28(38)34-25)32(42)27-9-7-18-44-27/h11-14,21-22,25-27H,6-10,15-20H2,1-5H3,(H,33,39)(H,34,38)(H,35,40)/t22-,25+,26-,27+/m0/s1. The Bertz CT molecular complexity index is 1140. The number of amides is 5. The van der Waals surface area contributed by atoms with Crippen molar-refractivity contribution in [2.75, 3.05) is 40.4 Å². The molecule has 0 aromatic heterocycles. The van der Waals surface area contributed by atoms with Crippen LogP contribution in [0, 0.1) is 5.92 Å². The molecule has 2 fully saturated rings. The molecular formula is C32H49N5O7. The summed E-state index contributed by atoms with van der Waals surface area (Å²) in [4.78, 5) is 69.6. The summed E-state index contributed by atoms with van der Waals surface area (Å²) in [7, 11) is 3.10. The Morgan fingerprint density at radius 2 is 1.70 bits per heavy atom. The van der Waals surface area contributed by atoms with Crippen LogP contribution in [0.3, 0.4) is 0 Å². The highest BCUT2D eigenvalue weighted by Gasteiger charge is 2.33. The Kier molecular flexibility index (Phi) is 13.4. The van der Waals surface area contributed by atoms with E-state index in [0.29, 0.717) is 57.7 Å². The third-order valence-corrected chi connectivity index (χ3v) is 8.13. The maximum absolute atomic E-state index is 13.8. The van der Waals surface area contributed by atoms with E-state index in [1.165, 1.54) is 11.9 Å². The fourth-order valence-electron chi connectivity index (χ4n) is 5.42. The average Bonchev–Trinajstić information content (AvgIpc) is 3.55. The molecule has 12 nitrogen and oxygen atoms in total. The molecular weight excluding hydrogens is 566 g/mol. The van der Waals surface area contributed by atoms with E-state index in [4.69, 9.17) is 9.47 Å². The van der Waals surface area contributed by atoms with Crippen LogP contribution in [0.1, 0.15) is 64.9 Å². The molecule has 0 aliphatic carbocycles. The zero-order chi connectivity index (χ0) is 32.2. The molecule has 3 N–H and O–H groups in total. The van der Waals surface area contributed by atoms with Gasteiger partial charge in [0.25, 0.3) is 5.91 Å². The molecule has 244 valence electrons. The number of benzene rings is 1. The Hall–Kier alpha value is -3.67. The van der Waals surface area contributed by atoms with Gasteiger partial charge in [-0.2, -0.15) is 0 Å². The van der Waals surface area contributed by atoms with Gasteiger partial charge < -0.3 is 35.2 Å². The first kappa shape index (κ1) is 34.8. The third kappa shape index (κ3) is 10.2. The highest BCUT2D eigenvalue weighted by Crippen LogP contribution is 2.17. The van der Waals surface area contributed by atoms with Gasteiger partial charge in [-0.25, -0.2) is 0 Å². The smallest absolute Gasteiger partial charge is 0.251 e. The molecule has 0 spiro atoms. The number of carbonyl (C=O) groups is 5. The van der Waals surface area contributed by atoms with Crippen molar-refractivity contribution in [2.24, 2.45) is 5.92 Å². The van der Waals surface area contributed by atoms with Crippen LogP contribution in [0.4, 0.5) is 0 Å². The van der Waals surface area contributed by atoms with Crippen LogP contribution in [-0.2, 0) is 35.1 Å². The zero-order valence-corrected chi connectivity index (χ0v) is 26.7. The van der Waals surface area contributed by atoms with E-state index in [0.717, 1.165) is 12.0 Å². The lowest BCUT2D eigenvalue weighted by Gasteiger charge is -2.30. The molecule has 2 aliphatic heterocycles. The lowest BCUT2D eigenvalue weighted by atomic mass is 10.00. The van der Waals surface area contributed by atoms with Crippen LogP contribution < -0.4 is 20.7 Å². The van der Waals surface area contributed by atoms with Crippen molar-refractivity contribution in [1.82, 2.24) is 25.8 Å². The molecule has 5 amide bonds. The van der Waals surface area contributed by atoms with E-state index in [9.17, 15) is 24.0 Å². The minimum atomic E-state index is -0.973. The van der Waals surface area contributed by atoms with Crippen molar-refractivity contribution < 1.29 is 33.4 Å². The molecule has 2 saturated heterocycles. The minimum absolute atomic E-state index is 0.0885. The summed E-state index contributed by atoms with van der Waals surface area (Å²) >= 11 is 0. The van der Waals surface area contributed by atoms with Gasteiger partial charge in [-0.1, -0.05) is 26.0 Å². The summed E-state index contributed by atoms with van der Waals surface area (Å²) in [6, 6.07) is 4.55. The highest BCUT2D eigenvalue weighted by molar-refractivity contribution is 5.94. The van der Waals surface area contributed by atoms with Crippen molar-refractivity contribution in [3.8, 4) is 5.75 Å². The third-order valence-electron chi connectivity index (χ3n) is 8.13. The maximum atomic E-state index is 13.8. The summed E-state index contributed by atoms with van der Waals surface area (Å²) in [6.07, 6.45) is 2.61. The largest absolute Gasteiger partial charge is 0.497 e. The van der Waals surface area contributed by atoms with Crippen LogP contribution in [0.5, 0.6) is 5.75 Å². The van der Waals surface area contributed by atoms with Gasteiger partial charge in [-0.05, 0) is 62.6 Å². The Morgan fingerprint density at radius 1 is 1.00 bits per heavy atom.